The van der Waals surface area contributed by atoms with Crippen LogP contribution < -0.4 is 11.2 Å². The van der Waals surface area contributed by atoms with E-state index in [9.17, 15) is 0 Å². The molecule has 0 atom stereocenters. The van der Waals surface area contributed by atoms with Crippen LogP contribution in [0.5, 0.6) is 0 Å². The average Bonchev–Trinajstić information content (AvgIpc) is 1.83. The Labute approximate surface area is 137 Å². The average molecular weight is 468 g/mol. The molecule has 0 aromatic heterocycles. The number of nitrogens with one attached hydrogen (secondary N) is 3. The molecule has 0 fully saturated rings. The van der Waals surface area contributed by atoms with Gasteiger partial charge in [0.05, 0.1) is 0 Å². The van der Waals surface area contributed by atoms with Crippen molar-refractivity contribution < 1.29 is 17.7 Å². The summed E-state index contributed by atoms with van der Waals surface area (Å²) in [5, 5.41) is 0. The molecule has 0 heterocycles. The number of hydrogen-bond acceptors (Lipinski definition) is 1. The van der Waals surface area contributed by atoms with Crippen LogP contribution in [0.2, 0.25) is 0 Å². The molecule has 0 unspecified atom stereocenters. The SMILES string of the molecule is CC(C)(C)[N]=[Ta]([NH]C(C)(C)C)([NH]C(C)(C)C)[NH]C(C)(C)C. The van der Waals surface area contributed by atoms with Gasteiger partial charge in [0, 0.05) is 0 Å². The molecule has 21 heavy (non-hydrogen) atoms. The van der Waals surface area contributed by atoms with Gasteiger partial charge in [-0.05, 0) is 0 Å². The Kier molecular flexibility index (Phi) is 6.63. The van der Waals surface area contributed by atoms with Gasteiger partial charge in [0.25, 0.3) is 0 Å². The first kappa shape index (κ1) is 21.4. The van der Waals surface area contributed by atoms with Crippen molar-refractivity contribution in [3.05, 3.63) is 0 Å². The summed E-state index contributed by atoms with van der Waals surface area (Å²) in [5.74, 6) is 0. The van der Waals surface area contributed by atoms with Crippen LogP contribution in [-0.4, -0.2) is 22.2 Å². The Morgan fingerprint density at radius 2 is 0.762 bits per heavy atom. The van der Waals surface area contributed by atoms with Crippen molar-refractivity contribution >= 4 is 0 Å². The second-order valence-electron chi connectivity index (χ2n) is 9.99. The molecule has 3 N–H and O–H groups in total. The molecule has 0 aliphatic carbocycles. The first-order valence-electron chi connectivity index (χ1n) is 7.84. The van der Waals surface area contributed by atoms with E-state index in [-0.39, 0.29) is 22.2 Å². The van der Waals surface area contributed by atoms with Crippen molar-refractivity contribution in [3.8, 4) is 0 Å². The molecule has 0 aromatic carbocycles. The molecule has 5 heteroatoms. The molecule has 128 valence electrons. The molecule has 0 saturated carbocycles. The van der Waals surface area contributed by atoms with Crippen molar-refractivity contribution in [3.63, 3.8) is 0 Å². The predicted molar refractivity (Wildman–Crippen MR) is 90.8 cm³/mol. The summed E-state index contributed by atoms with van der Waals surface area (Å²) < 4.78 is 16.9. The van der Waals surface area contributed by atoms with Crippen LogP contribution in [0.3, 0.4) is 0 Å². The normalized spacial score (nSPS) is 15.2. The maximum atomic E-state index is 5.28. The summed E-state index contributed by atoms with van der Waals surface area (Å²) in [6.45, 7) is 26.5. The van der Waals surface area contributed by atoms with Gasteiger partial charge < -0.3 is 0 Å². The topological polar surface area (TPSA) is 48.5 Å². The van der Waals surface area contributed by atoms with E-state index in [2.05, 4.69) is 94.2 Å². The third-order valence-corrected chi connectivity index (χ3v) is 15.9. The van der Waals surface area contributed by atoms with Crippen LogP contribution in [0.1, 0.15) is 83.1 Å². The zero-order valence-corrected chi connectivity index (χ0v) is 19.6. The van der Waals surface area contributed by atoms with Crippen molar-refractivity contribution in [2.24, 2.45) is 3.34 Å². The molecule has 0 spiro atoms. The zero-order valence-electron chi connectivity index (χ0n) is 16.4. The van der Waals surface area contributed by atoms with Crippen molar-refractivity contribution in [1.82, 2.24) is 11.2 Å². The van der Waals surface area contributed by atoms with Gasteiger partial charge in [-0.2, -0.15) is 0 Å². The van der Waals surface area contributed by atoms with E-state index in [4.69, 9.17) is 3.34 Å². The Hall–Kier alpha value is 0.420. The van der Waals surface area contributed by atoms with E-state index in [1.54, 1.807) is 0 Å². The Morgan fingerprint density at radius 3 is 0.905 bits per heavy atom. The molecule has 0 saturated heterocycles. The predicted octanol–water partition coefficient (Wildman–Crippen LogP) is 4.03. The van der Waals surface area contributed by atoms with Crippen molar-refractivity contribution in [1.29, 1.82) is 0 Å². The van der Waals surface area contributed by atoms with Crippen LogP contribution >= 0.6 is 0 Å². The summed E-state index contributed by atoms with van der Waals surface area (Å²) in [6.07, 6.45) is 0. The van der Waals surface area contributed by atoms with E-state index in [0.717, 1.165) is 0 Å². The van der Waals surface area contributed by atoms with E-state index in [1.807, 2.05) is 0 Å². The molecule has 0 aliphatic rings. The fourth-order valence-electron chi connectivity index (χ4n) is 2.07. The Morgan fingerprint density at radius 1 is 0.524 bits per heavy atom. The van der Waals surface area contributed by atoms with E-state index in [0.29, 0.717) is 0 Å². The molecule has 4 nitrogen and oxygen atoms in total. The molecule has 0 aliphatic heterocycles. The van der Waals surface area contributed by atoms with Gasteiger partial charge in [-0.1, -0.05) is 0 Å². The first-order chi connectivity index (χ1) is 8.83. The quantitative estimate of drug-likeness (QED) is 0.586. The molecular formula is C16H39N4Ta. The molecule has 0 amide bonds. The van der Waals surface area contributed by atoms with Gasteiger partial charge >= 0.3 is 137 Å². The zero-order chi connectivity index (χ0) is 17.3. The fraction of sp³-hybridized carbons (Fsp3) is 1.00. The molecule has 0 radical (unpaired) electrons. The first-order valence-corrected chi connectivity index (χ1v) is 14.1. The second kappa shape index (κ2) is 6.50. The van der Waals surface area contributed by atoms with Crippen LogP contribution in [-0.2, 0) is 17.7 Å². The fourth-order valence-corrected chi connectivity index (χ4v) is 16.9. The molecule has 0 bridgehead atoms. The van der Waals surface area contributed by atoms with Gasteiger partial charge in [-0.15, -0.1) is 0 Å². The molecular weight excluding hydrogens is 429 g/mol. The van der Waals surface area contributed by atoms with Gasteiger partial charge in [0.1, 0.15) is 0 Å². The van der Waals surface area contributed by atoms with E-state index >= 15 is 0 Å². The summed E-state index contributed by atoms with van der Waals surface area (Å²) in [4.78, 5) is 0. The Bertz CT molecular complexity index is 339. The third-order valence-electron chi connectivity index (χ3n) is 1.94. The summed E-state index contributed by atoms with van der Waals surface area (Å²) >= 11 is -3.44. The van der Waals surface area contributed by atoms with Crippen LogP contribution in [0, 0.1) is 0 Å². The van der Waals surface area contributed by atoms with Crippen LogP contribution in [0.15, 0.2) is 3.34 Å². The molecule has 0 aromatic rings. The second-order valence-corrected chi connectivity index (χ2v) is 17.7. The van der Waals surface area contributed by atoms with Crippen LogP contribution in [0.4, 0.5) is 0 Å². The van der Waals surface area contributed by atoms with Crippen molar-refractivity contribution in [2.75, 3.05) is 0 Å². The standard InChI is InChI=1S/3C4H10N.C4H9N.Ta/c4*1-4(2,3)5;/h3*5H,1-3H3;1-3H3;/q3*-1;;+3. The van der Waals surface area contributed by atoms with Gasteiger partial charge in [0.2, 0.25) is 0 Å². The summed E-state index contributed by atoms with van der Waals surface area (Å²) in [7, 11) is 0. The monoisotopic (exact) mass is 468 g/mol. The number of hydrogen-bond donors (Lipinski definition) is 3. The van der Waals surface area contributed by atoms with Crippen LogP contribution in [0.25, 0.3) is 0 Å². The van der Waals surface area contributed by atoms with E-state index in [1.165, 1.54) is 0 Å². The summed E-state index contributed by atoms with van der Waals surface area (Å²) in [6, 6.07) is 0. The van der Waals surface area contributed by atoms with Crippen molar-refractivity contribution in [2.45, 2.75) is 105 Å². The minimum atomic E-state index is -3.44. The molecule has 0 rings (SSSR count). The third kappa shape index (κ3) is 11.6. The van der Waals surface area contributed by atoms with Gasteiger partial charge in [-0.25, -0.2) is 0 Å². The number of nitrogens with zero attached hydrogens (tertiary/aromatic N) is 1. The Balaban J connectivity index is 6.02. The summed E-state index contributed by atoms with van der Waals surface area (Å²) in [5.41, 5.74) is -0.0235. The van der Waals surface area contributed by atoms with Gasteiger partial charge in [0.15, 0.2) is 0 Å². The van der Waals surface area contributed by atoms with E-state index < -0.39 is 17.7 Å². The maximum absolute atomic E-state index is 5.28. The van der Waals surface area contributed by atoms with Gasteiger partial charge in [-0.3, -0.25) is 0 Å². The minimum absolute atomic E-state index is 0.0176. The number of rotatable bonds is 3.